The third-order valence-corrected chi connectivity index (χ3v) is 1.82. The molecule has 0 aliphatic carbocycles. The second-order valence-electron chi connectivity index (χ2n) is 2.09. The zero-order valence-electron chi connectivity index (χ0n) is 6.25. The molecule has 0 bridgehead atoms. The molecule has 3 nitrogen and oxygen atoms in total. The third kappa shape index (κ3) is 2.72. The van der Waals surface area contributed by atoms with Crippen molar-refractivity contribution < 1.29 is 9.53 Å². The highest BCUT2D eigenvalue weighted by Gasteiger charge is 2.06. The van der Waals surface area contributed by atoms with Gasteiger partial charge in [-0.25, -0.2) is 4.79 Å². The van der Waals surface area contributed by atoms with E-state index in [9.17, 15) is 4.79 Å². The molecule has 0 spiro atoms. The van der Waals surface area contributed by atoms with Crippen molar-refractivity contribution in [3.63, 3.8) is 0 Å². The Balaban J connectivity index is 3.10. The van der Waals surface area contributed by atoms with E-state index in [4.69, 9.17) is 16.9 Å². The van der Waals surface area contributed by atoms with Crippen molar-refractivity contribution >= 4 is 33.0 Å². The summed E-state index contributed by atoms with van der Waals surface area (Å²) in [6, 6.07) is 6.57. The number of ether oxygens (including phenoxy) is 1. The van der Waals surface area contributed by atoms with Crippen molar-refractivity contribution in [1.29, 1.82) is 5.26 Å². The lowest BCUT2D eigenvalue weighted by atomic mass is 10.2. The molecule has 0 radical (unpaired) electrons. The van der Waals surface area contributed by atoms with Gasteiger partial charge in [-0.05, 0) is 18.2 Å². The van der Waals surface area contributed by atoms with Crippen LogP contribution in [0.2, 0.25) is 0 Å². The standard InChI is InChI=1S/C8H3BrClNO2/c9-6-2-1-5(4-11)7(3-6)13-8(10)12/h1-3H. The number of nitriles is 1. The Morgan fingerprint density at radius 2 is 2.31 bits per heavy atom. The summed E-state index contributed by atoms with van der Waals surface area (Å²) in [5, 5.41) is 8.62. The summed E-state index contributed by atoms with van der Waals surface area (Å²) in [5.41, 5.74) is -0.702. The Bertz CT molecular complexity index is 386. The molecule has 0 aromatic heterocycles. The van der Waals surface area contributed by atoms with Gasteiger partial charge in [-0.15, -0.1) is 0 Å². The first kappa shape index (κ1) is 10.0. The van der Waals surface area contributed by atoms with Crippen LogP contribution in [-0.2, 0) is 0 Å². The molecule has 0 unspecified atom stereocenters. The van der Waals surface area contributed by atoms with Gasteiger partial charge in [-0.3, -0.25) is 0 Å². The highest BCUT2D eigenvalue weighted by molar-refractivity contribution is 9.10. The zero-order valence-corrected chi connectivity index (χ0v) is 8.59. The molecule has 0 N–H and O–H groups in total. The summed E-state index contributed by atoms with van der Waals surface area (Å²) < 4.78 is 5.30. The van der Waals surface area contributed by atoms with E-state index < -0.39 is 5.43 Å². The molecular formula is C8H3BrClNO2. The zero-order chi connectivity index (χ0) is 9.84. The van der Waals surface area contributed by atoms with Gasteiger partial charge < -0.3 is 4.74 Å². The van der Waals surface area contributed by atoms with E-state index in [0.29, 0.717) is 4.47 Å². The number of halogens is 2. The van der Waals surface area contributed by atoms with Gasteiger partial charge in [0.05, 0.1) is 5.56 Å². The molecule has 1 aromatic carbocycles. The van der Waals surface area contributed by atoms with Crippen LogP contribution >= 0.6 is 27.5 Å². The summed E-state index contributed by atoms with van der Waals surface area (Å²) in [4.78, 5) is 10.4. The molecule has 0 atom stereocenters. The predicted octanol–water partition coefficient (Wildman–Crippen LogP) is 3.06. The van der Waals surface area contributed by atoms with Crippen LogP contribution in [0.4, 0.5) is 4.79 Å². The highest BCUT2D eigenvalue weighted by atomic mass is 79.9. The maximum absolute atomic E-state index is 10.4. The van der Waals surface area contributed by atoms with E-state index in [1.165, 1.54) is 12.1 Å². The van der Waals surface area contributed by atoms with Gasteiger partial charge in [0.15, 0.2) is 5.75 Å². The van der Waals surface area contributed by atoms with Crippen molar-refractivity contribution in [2.45, 2.75) is 0 Å². The number of hydrogen-bond acceptors (Lipinski definition) is 3. The second kappa shape index (κ2) is 4.26. The van der Waals surface area contributed by atoms with Crippen LogP contribution in [-0.4, -0.2) is 5.43 Å². The minimum Gasteiger partial charge on any atom is -0.413 e. The van der Waals surface area contributed by atoms with Crippen LogP contribution in [0.25, 0.3) is 0 Å². The van der Waals surface area contributed by atoms with E-state index in [1.54, 1.807) is 6.07 Å². The molecule has 13 heavy (non-hydrogen) atoms. The van der Waals surface area contributed by atoms with Gasteiger partial charge in [-0.2, -0.15) is 5.26 Å². The monoisotopic (exact) mass is 259 g/mol. The van der Waals surface area contributed by atoms with Gasteiger partial charge >= 0.3 is 5.43 Å². The number of hydrogen-bond donors (Lipinski definition) is 0. The van der Waals surface area contributed by atoms with Gasteiger partial charge in [-0.1, -0.05) is 15.9 Å². The van der Waals surface area contributed by atoms with E-state index in [2.05, 4.69) is 20.7 Å². The Morgan fingerprint density at radius 3 is 2.85 bits per heavy atom. The van der Waals surface area contributed by atoms with Crippen molar-refractivity contribution in [3.8, 4) is 11.8 Å². The first-order chi connectivity index (χ1) is 6.13. The number of nitrogens with zero attached hydrogens (tertiary/aromatic N) is 1. The molecule has 0 aliphatic rings. The molecule has 1 aromatic rings. The Morgan fingerprint density at radius 1 is 1.62 bits per heavy atom. The highest BCUT2D eigenvalue weighted by Crippen LogP contribution is 2.23. The molecule has 66 valence electrons. The van der Waals surface area contributed by atoms with Crippen LogP contribution in [0.1, 0.15) is 5.56 Å². The van der Waals surface area contributed by atoms with E-state index >= 15 is 0 Å². The van der Waals surface area contributed by atoms with Crippen LogP contribution in [0.5, 0.6) is 5.75 Å². The Hall–Kier alpha value is -1.05. The summed E-state index contributed by atoms with van der Waals surface area (Å²) >= 11 is 8.18. The average Bonchev–Trinajstić information content (AvgIpc) is 2.03. The fraction of sp³-hybridized carbons (Fsp3) is 0. The van der Waals surface area contributed by atoms with Crippen molar-refractivity contribution in [2.24, 2.45) is 0 Å². The fourth-order valence-corrected chi connectivity index (χ4v) is 1.18. The second-order valence-corrected chi connectivity index (χ2v) is 3.32. The molecular weight excluding hydrogens is 257 g/mol. The summed E-state index contributed by atoms with van der Waals surface area (Å²) in [6.45, 7) is 0. The average molecular weight is 260 g/mol. The number of carbonyl (C=O) groups excluding carboxylic acids is 1. The minimum atomic E-state index is -0.963. The minimum absolute atomic E-state index is 0.150. The van der Waals surface area contributed by atoms with Crippen molar-refractivity contribution in [2.75, 3.05) is 0 Å². The molecule has 0 aliphatic heterocycles. The predicted molar refractivity (Wildman–Crippen MR) is 50.7 cm³/mol. The van der Waals surface area contributed by atoms with Gasteiger partial charge in [0.2, 0.25) is 0 Å². The Labute approximate surface area is 88.0 Å². The molecule has 0 saturated carbocycles. The summed E-state index contributed by atoms with van der Waals surface area (Å²) in [7, 11) is 0. The maximum atomic E-state index is 10.4. The molecule has 0 saturated heterocycles. The van der Waals surface area contributed by atoms with Gasteiger partial charge in [0, 0.05) is 16.1 Å². The molecule has 0 fully saturated rings. The largest absolute Gasteiger partial charge is 0.413 e. The van der Waals surface area contributed by atoms with Crippen LogP contribution < -0.4 is 4.74 Å². The Kier molecular flexibility index (Phi) is 3.29. The normalized spacial score (nSPS) is 9.00. The fourth-order valence-electron chi connectivity index (χ4n) is 0.759. The van der Waals surface area contributed by atoms with Gasteiger partial charge in [0.1, 0.15) is 6.07 Å². The third-order valence-electron chi connectivity index (χ3n) is 1.25. The molecule has 5 heteroatoms. The van der Waals surface area contributed by atoms with Gasteiger partial charge in [0.25, 0.3) is 0 Å². The van der Waals surface area contributed by atoms with E-state index in [0.717, 1.165) is 0 Å². The van der Waals surface area contributed by atoms with Crippen LogP contribution in [0.3, 0.4) is 0 Å². The topological polar surface area (TPSA) is 50.1 Å². The van der Waals surface area contributed by atoms with Crippen molar-refractivity contribution in [3.05, 3.63) is 28.2 Å². The lowest BCUT2D eigenvalue weighted by molar-refractivity contribution is 0.225. The first-order valence-corrected chi connectivity index (χ1v) is 4.37. The van der Waals surface area contributed by atoms with Crippen molar-refractivity contribution in [1.82, 2.24) is 0 Å². The molecule has 0 heterocycles. The lowest BCUT2D eigenvalue weighted by Crippen LogP contribution is -1.98. The summed E-state index contributed by atoms with van der Waals surface area (Å²) in [6.07, 6.45) is 0. The smallest absolute Gasteiger partial charge is 0.409 e. The number of rotatable bonds is 1. The van der Waals surface area contributed by atoms with E-state index in [1.807, 2.05) is 6.07 Å². The SMILES string of the molecule is N#Cc1ccc(Br)cc1OC(=O)Cl. The van der Waals surface area contributed by atoms with Crippen LogP contribution in [0, 0.1) is 11.3 Å². The first-order valence-electron chi connectivity index (χ1n) is 3.20. The number of carbonyl (C=O) groups is 1. The molecule has 1 rings (SSSR count). The quantitative estimate of drug-likeness (QED) is 0.729. The lowest BCUT2D eigenvalue weighted by Gasteiger charge is -2.01. The summed E-state index contributed by atoms with van der Waals surface area (Å²) in [5.74, 6) is 0.150. The molecule has 0 amide bonds. The van der Waals surface area contributed by atoms with E-state index in [-0.39, 0.29) is 11.3 Å². The maximum Gasteiger partial charge on any atom is 0.409 e. The van der Waals surface area contributed by atoms with Crippen LogP contribution in [0.15, 0.2) is 22.7 Å². The number of benzene rings is 1.